The molecule has 0 bridgehead atoms. The molecule has 0 atom stereocenters. The smallest absolute Gasteiger partial charge is 0.296 e. The first-order chi connectivity index (χ1) is 17.5. The Morgan fingerprint density at radius 1 is 1.03 bits per heavy atom. The van der Waals surface area contributed by atoms with E-state index in [1.807, 2.05) is 74.8 Å². The van der Waals surface area contributed by atoms with Crippen molar-refractivity contribution in [1.29, 1.82) is 0 Å². The minimum Gasteiger partial charge on any atom is -0.354 e. The van der Waals surface area contributed by atoms with Gasteiger partial charge in [-0.15, -0.1) is 0 Å². The van der Waals surface area contributed by atoms with Crippen molar-refractivity contribution < 1.29 is 9.59 Å². The predicted molar refractivity (Wildman–Crippen MR) is 144 cm³/mol. The number of benzene rings is 3. The van der Waals surface area contributed by atoms with Crippen LogP contribution in [0.25, 0.3) is 11.3 Å². The lowest BCUT2D eigenvalue weighted by Gasteiger charge is -2.16. The SMILES string of the molecule is CN(C)Cc1ccc(NC(=C2C(=O)Nc3cc(C#CC(=O)NC4CC4)ccc32)c2ccccc2)cc1. The normalized spacial score (nSPS) is 15.5. The molecule has 6 heteroatoms. The van der Waals surface area contributed by atoms with Crippen molar-refractivity contribution in [1.82, 2.24) is 10.2 Å². The molecule has 6 nitrogen and oxygen atoms in total. The van der Waals surface area contributed by atoms with Gasteiger partial charge in [-0.3, -0.25) is 9.59 Å². The molecule has 2 amide bonds. The van der Waals surface area contributed by atoms with Crippen LogP contribution in [0.4, 0.5) is 11.4 Å². The van der Waals surface area contributed by atoms with Gasteiger partial charge in [0.25, 0.3) is 11.8 Å². The fraction of sp³-hybridized carbons (Fsp3) is 0.200. The van der Waals surface area contributed by atoms with E-state index in [0.717, 1.165) is 41.9 Å². The Balaban J connectivity index is 1.48. The number of fused-ring (bicyclic) bond motifs is 1. The highest BCUT2D eigenvalue weighted by atomic mass is 16.2. The zero-order valence-corrected chi connectivity index (χ0v) is 20.4. The van der Waals surface area contributed by atoms with Crippen LogP contribution in [-0.2, 0) is 16.1 Å². The fourth-order valence-electron chi connectivity index (χ4n) is 4.16. The van der Waals surface area contributed by atoms with Gasteiger partial charge in [0.1, 0.15) is 0 Å². The van der Waals surface area contributed by atoms with Crippen molar-refractivity contribution in [3.8, 4) is 11.8 Å². The summed E-state index contributed by atoms with van der Waals surface area (Å²) >= 11 is 0. The summed E-state index contributed by atoms with van der Waals surface area (Å²) in [5, 5.41) is 9.32. The van der Waals surface area contributed by atoms with Crippen LogP contribution < -0.4 is 16.0 Å². The molecule has 1 fully saturated rings. The van der Waals surface area contributed by atoms with Crippen molar-refractivity contribution in [2.24, 2.45) is 0 Å². The molecule has 1 saturated carbocycles. The molecule has 36 heavy (non-hydrogen) atoms. The third-order valence-electron chi connectivity index (χ3n) is 6.03. The molecule has 3 aromatic carbocycles. The zero-order valence-electron chi connectivity index (χ0n) is 20.4. The number of anilines is 2. The van der Waals surface area contributed by atoms with Gasteiger partial charge in [-0.05, 0) is 62.3 Å². The van der Waals surface area contributed by atoms with E-state index < -0.39 is 0 Å². The third-order valence-corrected chi connectivity index (χ3v) is 6.03. The number of nitrogens with one attached hydrogen (secondary N) is 3. The highest BCUT2D eigenvalue weighted by Gasteiger charge is 2.28. The Morgan fingerprint density at radius 2 is 1.78 bits per heavy atom. The van der Waals surface area contributed by atoms with Crippen LogP contribution in [0.15, 0.2) is 72.8 Å². The average molecular weight is 477 g/mol. The number of carbonyl (C=O) groups is 2. The Morgan fingerprint density at radius 3 is 2.47 bits per heavy atom. The van der Waals surface area contributed by atoms with Gasteiger partial charge in [-0.25, -0.2) is 0 Å². The molecular weight excluding hydrogens is 448 g/mol. The number of amides is 2. The number of hydrogen-bond acceptors (Lipinski definition) is 4. The Labute approximate surface area is 211 Å². The van der Waals surface area contributed by atoms with E-state index in [2.05, 4.69) is 44.8 Å². The standard InChI is InChI=1S/C30H28N4O2/c1-34(2)19-21-8-12-24(13-9-21)32-29(22-6-4-3-5-7-22)28-25-16-10-20(18-26(25)33-30(28)36)11-17-27(35)31-23-14-15-23/h3-10,12-13,16,18,23,32H,14-15,19H2,1-2H3,(H,31,35)(H,33,36). The first kappa shape index (κ1) is 23.4. The van der Waals surface area contributed by atoms with Crippen molar-refractivity contribution >= 4 is 34.5 Å². The maximum absolute atomic E-state index is 13.2. The average Bonchev–Trinajstić information content (AvgIpc) is 3.62. The van der Waals surface area contributed by atoms with Gasteiger partial charge in [-0.2, -0.15) is 0 Å². The van der Waals surface area contributed by atoms with E-state index in [9.17, 15) is 9.59 Å². The van der Waals surface area contributed by atoms with Gasteiger partial charge in [0.05, 0.1) is 17.0 Å². The van der Waals surface area contributed by atoms with Gasteiger partial charge >= 0.3 is 0 Å². The summed E-state index contributed by atoms with van der Waals surface area (Å²) in [5.41, 5.74) is 6.47. The Hall–Kier alpha value is -4.34. The zero-order chi connectivity index (χ0) is 25.1. The summed E-state index contributed by atoms with van der Waals surface area (Å²) in [6, 6.07) is 23.9. The molecule has 2 aliphatic rings. The summed E-state index contributed by atoms with van der Waals surface area (Å²) < 4.78 is 0. The number of hydrogen-bond donors (Lipinski definition) is 3. The van der Waals surface area contributed by atoms with E-state index in [-0.39, 0.29) is 17.9 Å². The predicted octanol–water partition coefficient (Wildman–Crippen LogP) is 4.31. The second-order valence-electron chi connectivity index (χ2n) is 9.39. The van der Waals surface area contributed by atoms with Crippen molar-refractivity contribution in [2.75, 3.05) is 24.7 Å². The van der Waals surface area contributed by atoms with Gasteiger partial charge in [0.2, 0.25) is 0 Å². The van der Waals surface area contributed by atoms with Crippen LogP contribution in [0.3, 0.4) is 0 Å². The molecule has 0 aromatic heterocycles. The lowest BCUT2D eigenvalue weighted by Crippen LogP contribution is -2.23. The van der Waals surface area contributed by atoms with Crippen molar-refractivity contribution in [3.05, 3.63) is 95.1 Å². The molecule has 0 radical (unpaired) electrons. The van der Waals surface area contributed by atoms with Gasteiger partial charge in [0.15, 0.2) is 0 Å². The van der Waals surface area contributed by atoms with Crippen LogP contribution in [-0.4, -0.2) is 36.9 Å². The van der Waals surface area contributed by atoms with E-state index in [1.54, 1.807) is 0 Å². The molecule has 1 heterocycles. The molecule has 5 rings (SSSR count). The molecule has 1 aliphatic heterocycles. The first-order valence-corrected chi connectivity index (χ1v) is 12.0. The molecular formula is C30H28N4O2. The summed E-state index contributed by atoms with van der Waals surface area (Å²) in [4.78, 5) is 27.3. The highest BCUT2D eigenvalue weighted by Crippen LogP contribution is 2.38. The largest absolute Gasteiger partial charge is 0.354 e. The maximum atomic E-state index is 13.2. The summed E-state index contributed by atoms with van der Waals surface area (Å²) in [6.07, 6.45) is 2.04. The summed E-state index contributed by atoms with van der Waals surface area (Å²) in [5.74, 6) is 5.10. The fourth-order valence-corrected chi connectivity index (χ4v) is 4.16. The van der Waals surface area contributed by atoms with E-state index in [4.69, 9.17) is 0 Å². The lowest BCUT2D eigenvalue weighted by molar-refractivity contribution is -0.115. The highest BCUT2D eigenvalue weighted by molar-refractivity contribution is 6.37. The van der Waals surface area contributed by atoms with Crippen LogP contribution in [0.1, 0.15) is 35.1 Å². The second kappa shape index (κ2) is 10.1. The lowest BCUT2D eigenvalue weighted by atomic mass is 9.99. The monoisotopic (exact) mass is 476 g/mol. The topological polar surface area (TPSA) is 73.5 Å². The third kappa shape index (κ3) is 5.48. The molecule has 1 aliphatic carbocycles. The van der Waals surface area contributed by atoms with Crippen LogP contribution in [0.5, 0.6) is 0 Å². The molecule has 3 aromatic rings. The van der Waals surface area contributed by atoms with Crippen molar-refractivity contribution in [2.45, 2.75) is 25.4 Å². The quantitative estimate of drug-likeness (QED) is 0.366. The molecule has 0 spiro atoms. The van der Waals surface area contributed by atoms with Crippen LogP contribution >= 0.6 is 0 Å². The Kier molecular flexibility index (Phi) is 6.57. The second-order valence-corrected chi connectivity index (χ2v) is 9.39. The van der Waals surface area contributed by atoms with Gasteiger partial charge in [-0.1, -0.05) is 54.5 Å². The minimum absolute atomic E-state index is 0.183. The van der Waals surface area contributed by atoms with E-state index in [1.165, 1.54) is 5.56 Å². The Bertz CT molecular complexity index is 1390. The van der Waals surface area contributed by atoms with Crippen LogP contribution in [0.2, 0.25) is 0 Å². The van der Waals surface area contributed by atoms with E-state index >= 15 is 0 Å². The minimum atomic E-state index is -0.269. The first-order valence-electron chi connectivity index (χ1n) is 12.0. The van der Waals surface area contributed by atoms with Crippen molar-refractivity contribution in [3.63, 3.8) is 0 Å². The molecule has 0 unspecified atom stereocenters. The number of nitrogens with zero attached hydrogens (tertiary/aromatic N) is 1. The van der Waals surface area contributed by atoms with Gasteiger partial charge in [0, 0.05) is 35.3 Å². The summed E-state index contributed by atoms with van der Waals surface area (Å²) in [7, 11) is 4.08. The van der Waals surface area contributed by atoms with E-state index in [0.29, 0.717) is 16.8 Å². The number of carbonyl (C=O) groups excluding carboxylic acids is 2. The molecule has 3 N–H and O–H groups in total. The van der Waals surface area contributed by atoms with Crippen LogP contribution in [0, 0.1) is 11.8 Å². The molecule has 0 saturated heterocycles. The molecule has 180 valence electrons. The maximum Gasteiger partial charge on any atom is 0.296 e. The van der Waals surface area contributed by atoms with Gasteiger partial charge < -0.3 is 20.9 Å². The summed E-state index contributed by atoms with van der Waals surface area (Å²) in [6.45, 7) is 0.857. The number of rotatable bonds is 6.